The summed E-state index contributed by atoms with van der Waals surface area (Å²) >= 11 is 0. The molecule has 5 nitrogen and oxygen atoms in total. The highest BCUT2D eigenvalue weighted by Gasteiger charge is 2.41. The zero-order chi connectivity index (χ0) is 14.6. The molecule has 1 aliphatic carbocycles. The van der Waals surface area contributed by atoms with E-state index in [9.17, 15) is 14.9 Å². The zero-order valence-electron chi connectivity index (χ0n) is 11.3. The summed E-state index contributed by atoms with van der Waals surface area (Å²) in [6, 6.07) is 8.57. The van der Waals surface area contributed by atoms with Crippen LogP contribution in [0.25, 0.3) is 0 Å². The summed E-state index contributed by atoms with van der Waals surface area (Å²) in [4.78, 5) is 23.5. The third-order valence-corrected chi connectivity index (χ3v) is 3.67. The number of esters is 1. The molecular formula is C15H16N2O3. The van der Waals surface area contributed by atoms with Gasteiger partial charge in [0, 0.05) is 5.69 Å². The van der Waals surface area contributed by atoms with E-state index in [0.717, 1.165) is 12.8 Å². The average Bonchev–Trinajstić information content (AvgIpc) is 2.97. The number of methoxy groups -OCH3 is 1. The largest absolute Gasteiger partial charge is 0.465 e. The van der Waals surface area contributed by atoms with Crippen LogP contribution in [-0.2, 0) is 9.53 Å². The minimum atomic E-state index is -0.902. The summed E-state index contributed by atoms with van der Waals surface area (Å²) in [5.74, 6) is -0.685. The third kappa shape index (κ3) is 2.64. The number of carbonyl (C=O) groups excluding carboxylic acids is 2. The molecule has 1 aromatic carbocycles. The Morgan fingerprint density at radius 3 is 2.35 bits per heavy atom. The van der Waals surface area contributed by atoms with E-state index >= 15 is 0 Å². The van der Waals surface area contributed by atoms with Crippen molar-refractivity contribution in [2.75, 3.05) is 12.4 Å². The van der Waals surface area contributed by atoms with E-state index in [-0.39, 0.29) is 5.91 Å². The first kappa shape index (κ1) is 14.1. The lowest BCUT2D eigenvalue weighted by atomic mass is 9.87. The SMILES string of the molecule is COC(=O)c1ccc(NC(=O)C2(C#N)CCCC2)cc1. The van der Waals surface area contributed by atoms with Crippen molar-refractivity contribution in [3.63, 3.8) is 0 Å². The van der Waals surface area contributed by atoms with Gasteiger partial charge >= 0.3 is 5.97 Å². The van der Waals surface area contributed by atoms with Crippen LogP contribution in [0.1, 0.15) is 36.0 Å². The Morgan fingerprint density at radius 1 is 1.25 bits per heavy atom. The molecule has 0 radical (unpaired) electrons. The number of nitrogens with one attached hydrogen (secondary N) is 1. The topological polar surface area (TPSA) is 79.2 Å². The number of nitrogens with zero attached hydrogens (tertiary/aromatic N) is 1. The monoisotopic (exact) mass is 272 g/mol. The van der Waals surface area contributed by atoms with Gasteiger partial charge in [-0.25, -0.2) is 4.79 Å². The molecule has 1 N–H and O–H groups in total. The molecular weight excluding hydrogens is 256 g/mol. The Morgan fingerprint density at radius 2 is 1.85 bits per heavy atom. The van der Waals surface area contributed by atoms with Gasteiger partial charge in [-0.1, -0.05) is 12.8 Å². The minimum Gasteiger partial charge on any atom is -0.465 e. The first-order chi connectivity index (χ1) is 9.61. The third-order valence-electron chi connectivity index (χ3n) is 3.67. The van der Waals surface area contributed by atoms with Crippen molar-refractivity contribution in [3.05, 3.63) is 29.8 Å². The number of ether oxygens (including phenoxy) is 1. The fourth-order valence-electron chi connectivity index (χ4n) is 2.43. The van der Waals surface area contributed by atoms with Crippen LogP contribution in [0.15, 0.2) is 24.3 Å². The normalized spacial score (nSPS) is 16.2. The maximum atomic E-state index is 12.2. The molecule has 0 aliphatic heterocycles. The summed E-state index contributed by atoms with van der Waals surface area (Å²) in [6.07, 6.45) is 3.02. The smallest absolute Gasteiger partial charge is 0.337 e. The van der Waals surface area contributed by atoms with Crippen LogP contribution >= 0.6 is 0 Å². The summed E-state index contributed by atoms with van der Waals surface area (Å²) < 4.78 is 4.60. The van der Waals surface area contributed by atoms with Crippen molar-refractivity contribution in [1.29, 1.82) is 5.26 Å². The van der Waals surface area contributed by atoms with Crippen molar-refractivity contribution < 1.29 is 14.3 Å². The van der Waals surface area contributed by atoms with Crippen LogP contribution < -0.4 is 5.32 Å². The number of hydrogen-bond donors (Lipinski definition) is 1. The Balaban J connectivity index is 2.09. The molecule has 1 aliphatic rings. The molecule has 1 fully saturated rings. The van der Waals surface area contributed by atoms with E-state index in [1.54, 1.807) is 24.3 Å². The van der Waals surface area contributed by atoms with Gasteiger partial charge in [0.05, 0.1) is 18.7 Å². The lowest BCUT2D eigenvalue weighted by Crippen LogP contribution is -2.32. The second-order valence-corrected chi connectivity index (χ2v) is 4.92. The van der Waals surface area contributed by atoms with Crippen molar-refractivity contribution in [1.82, 2.24) is 0 Å². The van der Waals surface area contributed by atoms with Gasteiger partial charge in [0.15, 0.2) is 0 Å². The molecule has 0 atom stereocenters. The van der Waals surface area contributed by atoms with Gasteiger partial charge in [-0.05, 0) is 37.1 Å². The van der Waals surface area contributed by atoms with Crippen molar-refractivity contribution in [2.45, 2.75) is 25.7 Å². The first-order valence-corrected chi connectivity index (χ1v) is 6.52. The van der Waals surface area contributed by atoms with E-state index in [4.69, 9.17) is 0 Å². The quantitative estimate of drug-likeness (QED) is 0.857. The van der Waals surface area contributed by atoms with Crippen LogP contribution in [0, 0.1) is 16.7 Å². The highest BCUT2D eigenvalue weighted by atomic mass is 16.5. The average molecular weight is 272 g/mol. The molecule has 1 saturated carbocycles. The highest BCUT2D eigenvalue weighted by Crippen LogP contribution is 2.38. The molecule has 0 bridgehead atoms. The maximum Gasteiger partial charge on any atom is 0.337 e. The van der Waals surface area contributed by atoms with Crippen LogP contribution in [-0.4, -0.2) is 19.0 Å². The number of carbonyl (C=O) groups is 2. The number of amides is 1. The lowest BCUT2D eigenvalue weighted by molar-refractivity contribution is -0.122. The fraction of sp³-hybridized carbons (Fsp3) is 0.400. The van der Waals surface area contributed by atoms with Crippen LogP contribution in [0.4, 0.5) is 5.69 Å². The molecule has 1 amide bonds. The molecule has 0 unspecified atom stereocenters. The Bertz CT molecular complexity index is 551. The van der Waals surface area contributed by atoms with Crippen LogP contribution in [0.2, 0.25) is 0 Å². The number of rotatable bonds is 3. The number of nitriles is 1. The summed E-state index contributed by atoms with van der Waals surface area (Å²) in [6.45, 7) is 0. The molecule has 0 heterocycles. The van der Waals surface area contributed by atoms with Gasteiger partial charge in [-0.2, -0.15) is 5.26 Å². The van der Waals surface area contributed by atoms with E-state index in [2.05, 4.69) is 16.1 Å². The fourth-order valence-corrected chi connectivity index (χ4v) is 2.43. The van der Waals surface area contributed by atoms with E-state index in [1.165, 1.54) is 7.11 Å². The maximum absolute atomic E-state index is 12.2. The second kappa shape index (κ2) is 5.74. The van der Waals surface area contributed by atoms with Gasteiger partial charge in [0.1, 0.15) is 5.41 Å². The number of hydrogen-bond acceptors (Lipinski definition) is 4. The predicted octanol–water partition coefficient (Wildman–Crippen LogP) is 2.50. The van der Waals surface area contributed by atoms with Crippen molar-refractivity contribution >= 4 is 17.6 Å². The predicted molar refractivity (Wildman–Crippen MR) is 72.9 cm³/mol. The van der Waals surface area contributed by atoms with Gasteiger partial charge in [0.25, 0.3) is 0 Å². The molecule has 2 rings (SSSR count). The van der Waals surface area contributed by atoms with Crippen LogP contribution in [0.5, 0.6) is 0 Å². The molecule has 0 aromatic heterocycles. The summed E-state index contributed by atoms with van der Waals surface area (Å²) in [5.41, 5.74) is 0.0895. The van der Waals surface area contributed by atoms with Crippen molar-refractivity contribution in [2.24, 2.45) is 5.41 Å². The number of benzene rings is 1. The van der Waals surface area contributed by atoms with E-state index < -0.39 is 11.4 Å². The number of anilines is 1. The van der Waals surface area contributed by atoms with Crippen molar-refractivity contribution in [3.8, 4) is 6.07 Å². The molecule has 0 saturated heterocycles. The standard InChI is InChI=1S/C15H16N2O3/c1-20-13(18)11-4-6-12(7-5-11)17-14(19)15(10-16)8-2-3-9-15/h4-7H,2-3,8-9H2,1H3,(H,17,19). The van der Waals surface area contributed by atoms with E-state index in [1.807, 2.05) is 0 Å². The molecule has 0 spiro atoms. The first-order valence-electron chi connectivity index (χ1n) is 6.52. The minimum absolute atomic E-state index is 0.261. The second-order valence-electron chi connectivity index (χ2n) is 4.92. The van der Waals surface area contributed by atoms with Gasteiger partial charge in [-0.3, -0.25) is 4.79 Å². The van der Waals surface area contributed by atoms with Gasteiger partial charge in [0.2, 0.25) is 5.91 Å². The molecule has 5 heteroatoms. The Labute approximate surface area is 117 Å². The summed E-state index contributed by atoms with van der Waals surface area (Å²) in [7, 11) is 1.31. The molecule has 20 heavy (non-hydrogen) atoms. The lowest BCUT2D eigenvalue weighted by Gasteiger charge is -2.19. The van der Waals surface area contributed by atoms with Gasteiger partial charge < -0.3 is 10.1 Å². The Hall–Kier alpha value is -2.35. The molecule has 104 valence electrons. The Kier molecular flexibility index (Phi) is 4.04. The van der Waals surface area contributed by atoms with Gasteiger partial charge in [-0.15, -0.1) is 0 Å². The zero-order valence-corrected chi connectivity index (χ0v) is 11.3. The van der Waals surface area contributed by atoms with Crippen LogP contribution in [0.3, 0.4) is 0 Å². The highest BCUT2D eigenvalue weighted by molar-refractivity contribution is 5.98. The molecule has 1 aromatic rings. The van der Waals surface area contributed by atoms with E-state index in [0.29, 0.717) is 24.1 Å². The summed E-state index contributed by atoms with van der Waals surface area (Å²) in [5, 5.41) is 12.0.